The molecule has 0 saturated heterocycles. The number of amides is 1. The summed E-state index contributed by atoms with van der Waals surface area (Å²) in [7, 11) is 0. The van der Waals surface area contributed by atoms with Crippen molar-refractivity contribution in [2.45, 2.75) is 46.1 Å². The normalized spacial score (nSPS) is 23.5. The van der Waals surface area contributed by atoms with Crippen LogP contribution in [0, 0.1) is 5.41 Å². The van der Waals surface area contributed by atoms with E-state index in [1.807, 2.05) is 0 Å². The first-order valence-electron chi connectivity index (χ1n) is 4.32. The Labute approximate surface area is 68.4 Å². The molecule has 2 heteroatoms. The molecular weight excluding hydrogens is 138 g/mol. The molecule has 1 atom stereocenters. The van der Waals surface area contributed by atoms with Crippen molar-refractivity contribution in [2.75, 3.05) is 0 Å². The lowest BCUT2D eigenvalue weighted by molar-refractivity contribution is -0.120. The van der Waals surface area contributed by atoms with Gasteiger partial charge in [0.15, 0.2) is 0 Å². The number of carbonyl (C=O) groups is 1. The van der Waals surface area contributed by atoms with Gasteiger partial charge in [0.25, 0.3) is 0 Å². The second-order valence-electron chi connectivity index (χ2n) is 3.93. The summed E-state index contributed by atoms with van der Waals surface area (Å²) >= 11 is 0. The van der Waals surface area contributed by atoms with Crippen LogP contribution in [0.4, 0.5) is 0 Å². The van der Waals surface area contributed by atoms with E-state index in [1.54, 1.807) is 6.92 Å². The molecule has 0 aromatic heterocycles. The van der Waals surface area contributed by atoms with Crippen LogP contribution in [-0.2, 0) is 4.79 Å². The average Bonchev–Trinajstić information content (AvgIpc) is 1.81. The summed E-state index contributed by atoms with van der Waals surface area (Å²) in [5.41, 5.74) is 0.381. The molecule has 2 nitrogen and oxygen atoms in total. The SMILES string of the molecule is CC(=O)NC(C)C1(C)CCC1. The molecule has 1 unspecified atom stereocenters. The van der Waals surface area contributed by atoms with Gasteiger partial charge in [-0.3, -0.25) is 4.79 Å². The number of nitrogens with one attached hydrogen (secondary N) is 1. The van der Waals surface area contributed by atoms with Gasteiger partial charge in [-0.1, -0.05) is 13.3 Å². The lowest BCUT2D eigenvalue weighted by Gasteiger charge is -2.43. The molecule has 0 aliphatic heterocycles. The van der Waals surface area contributed by atoms with E-state index >= 15 is 0 Å². The van der Waals surface area contributed by atoms with E-state index in [0.717, 1.165) is 0 Å². The molecule has 1 aliphatic rings. The van der Waals surface area contributed by atoms with Crippen molar-refractivity contribution < 1.29 is 4.79 Å². The van der Waals surface area contributed by atoms with Crippen LogP contribution >= 0.6 is 0 Å². The zero-order valence-corrected chi connectivity index (χ0v) is 7.61. The lowest BCUT2D eigenvalue weighted by Crippen LogP contribution is -2.47. The monoisotopic (exact) mass is 155 g/mol. The number of rotatable bonds is 2. The summed E-state index contributed by atoms with van der Waals surface area (Å²) in [5.74, 6) is 0.0885. The summed E-state index contributed by atoms with van der Waals surface area (Å²) in [5, 5.41) is 2.95. The topological polar surface area (TPSA) is 29.1 Å². The molecule has 1 rings (SSSR count). The predicted molar refractivity (Wildman–Crippen MR) is 45.2 cm³/mol. The van der Waals surface area contributed by atoms with E-state index in [9.17, 15) is 4.79 Å². The summed E-state index contributed by atoms with van der Waals surface area (Å²) in [6.45, 7) is 5.93. The van der Waals surface area contributed by atoms with Gasteiger partial charge in [0.05, 0.1) is 0 Å². The molecule has 0 heterocycles. The fraction of sp³-hybridized carbons (Fsp3) is 0.889. The maximum Gasteiger partial charge on any atom is 0.217 e. The van der Waals surface area contributed by atoms with Gasteiger partial charge in [-0.2, -0.15) is 0 Å². The van der Waals surface area contributed by atoms with Crippen LogP contribution in [0.3, 0.4) is 0 Å². The van der Waals surface area contributed by atoms with Crippen LogP contribution in [-0.4, -0.2) is 11.9 Å². The summed E-state index contributed by atoms with van der Waals surface area (Å²) in [6, 6.07) is 0.341. The molecule has 0 aromatic rings. The van der Waals surface area contributed by atoms with Crippen molar-refractivity contribution >= 4 is 5.91 Å². The van der Waals surface area contributed by atoms with Crippen LogP contribution in [0.25, 0.3) is 0 Å². The van der Waals surface area contributed by atoms with Crippen molar-refractivity contribution in [3.8, 4) is 0 Å². The van der Waals surface area contributed by atoms with Crippen LogP contribution in [0.2, 0.25) is 0 Å². The molecule has 1 amide bonds. The minimum Gasteiger partial charge on any atom is -0.353 e. The van der Waals surface area contributed by atoms with Gasteiger partial charge in [-0.15, -0.1) is 0 Å². The average molecular weight is 155 g/mol. The molecule has 0 radical (unpaired) electrons. The third-order valence-electron chi connectivity index (χ3n) is 2.96. The van der Waals surface area contributed by atoms with Crippen LogP contribution in [0.1, 0.15) is 40.0 Å². The standard InChI is InChI=1S/C9H17NO/c1-7(10-8(2)11)9(3)5-4-6-9/h7H,4-6H2,1-3H3,(H,10,11). The number of carbonyl (C=O) groups excluding carboxylic acids is 1. The Morgan fingerprint density at radius 1 is 1.55 bits per heavy atom. The van der Waals surface area contributed by atoms with Crippen LogP contribution in [0.15, 0.2) is 0 Å². The lowest BCUT2D eigenvalue weighted by atomic mass is 9.66. The smallest absolute Gasteiger partial charge is 0.217 e. The molecule has 1 aliphatic carbocycles. The molecule has 1 fully saturated rings. The molecule has 0 aromatic carbocycles. The second kappa shape index (κ2) is 2.84. The van der Waals surface area contributed by atoms with Gasteiger partial charge >= 0.3 is 0 Å². The minimum absolute atomic E-state index is 0.0885. The third kappa shape index (κ3) is 1.73. The Bertz CT molecular complexity index is 161. The zero-order valence-electron chi connectivity index (χ0n) is 7.61. The molecular formula is C9H17NO. The van der Waals surface area contributed by atoms with Crippen molar-refractivity contribution in [3.05, 3.63) is 0 Å². The highest BCUT2D eigenvalue weighted by molar-refractivity contribution is 5.73. The van der Waals surface area contributed by atoms with Gasteiger partial charge in [0.1, 0.15) is 0 Å². The first kappa shape index (κ1) is 8.57. The van der Waals surface area contributed by atoms with Gasteiger partial charge in [-0.25, -0.2) is 0 Å². The highest BCUT2D eigenvalue weighted by atomic mass is 16.1. The first-order chi connectivity index (χ1) is 5.04. The second-order valence-corrected chi connectivity index (χ2v) is 3.93. The highest BCUT2D eigenvalue weighted by Crippen LogP contribution is 2.43. The van der Waals surface area contributed by atoms with E-state index < -0.39 is 0 Å². The third-order valence-corrected chi connectivity index (χ3v) is 2.96. The van der Waals surface area contributed by atoms with E-state index in [-0.39, 0.29) is 5.91 Å². The highest BCUT2D eigenvalue weighted by Gasteiger charge is 2.37. The van der Waals surface area contributed by atoms with Crippen molar-refractivity contribution in [2.24, 2.45) is 5.41 Å². The molecule has 11 heavy (non-hydrogen) atoms. The quantitative estimate of drug-likeness (QED) is 0.646. The Hall–Kier alpha value is -0.530. The Kier molecular flexibility index (Phi) is 2.21. The summed E-state index contributed by atoms with van der Waals surface area (Å²) < 4.78 is 0. The predicted octanol–water partition coefficient (Wildman–Crippen LogP) is 1.70. The molecule has 0 bridgehead atoms. The molecule has 1 saturated carbocycles. The fourth-order valence-electron chi connectivity index (χ4n) is 1.65. The number of hydrogen-bond donors (Lipinski definition) is 1. The van der Waals surface area contributed by atoms with E-state index in [0.29, 0.717) is 11.5 Å². The Morgan fingerprint density at radius 3 is 2.36 bits per heavy atom. The van der Waals surface area contributed by atoms with Crippen molar-refractivity contribution in [1.82, 2.24) is 5.32 Å². The maximum atomic E-state index is 10.7. The fourth-order valence-corrected chi connectivity index (χ4v) is 1.65. The van der Waals surface area contributed by atoms with E-state index in [1.165, 1.54) is 19.3 Å². The summed E-state index contributed by atoms with van der Waals surface area (Å²) in [6.07, 6.45) is 3.84. The van der Waals surface area contributed by atoms with E-state index in [4.69, 9.17) is 0 Å². The van der Waals surface area contributed by atoms with E-state index in [2.05, 4.69) is 19.2 Å². The van der Waals surface area contributed by atoms with Crippen molar-refractivity contribution in [1.29, 1.82) is 0 Å². The largest absolute Gasteiger partial charge is 0.353 e. The first-order valence-corrected chi connectivity index (χ1v) is 4.32. The number of hydrogen-bond acceptors (Lipinski definition) is 1. The van der Waals surface area contributed by atoms with Gasteiger partial charge in [-0.05, 0) is 25.2 Å². The maximum absolute atomic E-state index is 10.7. The molecule has 64 valence electrons. The van der Waals surface area contributed by atoms with Gasteiger partial charge in [0.2, 0.25) is 5.91 Å². The van der Waals surface area contributed by atoms with Crippen LogP contribution < -0.4 is 5.32 Å². The van der Waals surface area contributed by atoms with Gasteiger partial charge in [0, 0.05) is 13.0 Å². The Morgan fingerprint density at radius 2 is 2.09 bits per heavy atom. The van der Waals surface area contributed by atoms with Gasteiger partial charge < -0.3 is 5.32 Å². The zero-order chi connectivity index (χ0) is 8.48. The van der Waals surface area contributed by atoms with Crippen LogP contribution in [0.5, 0.6) is 0 Å². The Balaban J connectivity index is 2.40. The molecule has 1 N–H and O–H groups in total. The molecule has 0 spiro atoms. The van der Waals surface area contributed by atoms with Crippen molar-refractivity contribution in [3.63, 3.8) is 0 Å². The minimum atomic E-state index is 0.0885. The summed E-state index contributed by atoms with van der Waals surface area (Å²) in [4.78, 5) is 10.7.